The molecule has 1 heterocycles. The van der Waals surface area contributed by atoms with Gasteiger partial charge in [-0.2, -0.15) is 0 Å². The summed E-state index contributed by atoms with van der Waals surface area (Å²) in [6.07, 6.45) is 1.58. The Labute approximate surface area is 120 Å². The van der Waals surface area contributed by atoms with E-state index in [2.05, 4.69) is 10.3 Å². The average molecular weight is 294 g/mol. The van der Waals surface area contributed by atoms with Gasteiger partial charge in [-0.15, -0.1) is 0 Å². The summed E-state index contributed by atoms with van der Waals surface area (Å²) in [5.74, 6) is 0.499. The SMILES string of the molecule is COc1ccc(NCc2c(Cl)cccc2[N+](=O)[O-])cn1. The molecule has 0 bridgehead atoms. The molecule has 2 rings (SSSR count). The molecule has 20 heavy (non-hydrogen) atoms. The van der Waals surface area contributed by atoms with Gasteiger partial charge < -0.3 is 10.1 Å². The number of pyridine rings is 1. The Morgan fingerprint density at radius 1 is 1.40 bits per heavy atom. The lowest BCUT2D eigenvalue weighted by molar-refractivity contribution is -0.385. The average Bonchev–Trinajstić information content (AvgIpc) is 2.46. The summed E-state index contributed by atoms with van der Waals surface area (Å²) < 4.78 is 4.95. The highest BCUT2D eigenvalue weighted by atomic mass is 35.5. The second-order valence-electron chi connectivity index (χ2n) is 3.94. The van der Waals surface area contributed by atoms with Crippen molar-refractivity contribution in [2.75, 3.05) is 12.4 Å². The van der Waals surface area contributed by atoms with Crippen LogP contribution in [-0.4, -0.2) is 17.0 Å². The van der Waals surface area contributed by atoms with Crippen molar-refractivity contribution in [1.29, 1.82) is 0 Å². The Kier molecular flexibility index (Phi) is 4.37. The predicted octanol–water partition coefficient (Wildman–Crippen LogP) is 3.26. The summed E-state index contributed by atoms with van der Waals surface area (Å²) in [5, 5.41) is 14.4. The first kappa shape index (κ1) is 14.1. The number of hydrogen-bond acceptors (Lipinski definition) is 5. The number of ether oxygens (including phenoxy) is 1. The lowest BCUT2D eigenvalue weighted by atomic mass is 10.1. The minimum atomic E-state index is -0.449. The molecule has 6 nitrogen and oxygen atoms in total. The first-order chi connectivity index (χ1) is 9.61. The van der Waals surface area contributed by atoms with Gasteiger partial charge in [0.1, 0.15) is 0 Å². The summed E-state index contributed by atoms with van der Waals surface area (Å²) in [5.41, 5.74) is 1.15. The van der Waals surface area contributed by atoms with E-state index in [1.807, 2.05) is 0 Å². The van der Waals surface area contributed by atoms with E-state index >= 15 is 0 Å². The van der Waals surface area contributed by atoms with Crippen LogP contribution in [0.2, 0.25) is 5.02 Å². The van der Waals surface area contributed by atoms with Gasteiger partial charge in [-0.3, -0.25) is 10.1 Å². The van der Waals surface area contributed by atoms with Gasteiger partial charge in [0.2, 0.25) is 5.88 Å². The number of methoxy groups -OCH3 is 1. The molecular weight excluding hydrogens is 282 g/mol. The molecule has 0 radical (unpaired) electrons. The molecule has 1 aromatic carbocycles. The molecule has 0 saturated heterocycles. The van der Waals surface area contributed by atoms with Crippen molar-refractivity contribution in [2.24, 2.45) is 0 Å². The molecule has 0 aliphatic rings. The molecule has 2 aromatic rings. The highest BCUT2D eigenvalue weighted by Gasteiger charge is 2.16. The lowest BCUT2D eigenvalue weighted by Crippen LogP contribution is -2.04. The van der Waals surface area contributed by atoms with Crippen molar-refractivity contribution >= 4 is 23.0 Å². The highest BCUT2D eigenvalue weighted by Crippen LogP contribution is 2.27. The highest BCUT2D eigenvalue weighted by molar-refractivity contribution is 6.31. The van der Waals surface area contributed by atoms with E-state index < -0.39 is 4.92 Å². The van der Waals surface area contributed by atoms with Crippen LogP contribution in [0.25, 0.3) is 0 Å². The van der Waals surface area contributed by atoms with Gasteiger partial charge in [0.25, 0.3) is 5.69 Å². The minimum absolute atomic E-state index is 0.00790. The van der Waals surface area contributed by atoms with Gasteiger partial charge in [-0.1, -0.05) is 17.7 Å². The maximum atomic E-state index is 11.0. The van der Waals surface area contributed by atoms with E-state index in [1.54, 1.807) is 30.5 Å². The fourth-order valence-electron chi connectivity index (χ4n) is 1.69. The van der Waals surface area contributed by atoms with Gasteiger partial charge in [0, 0.05) is 18.7 Å². The Balaban J connectivity index is 2.16. The molecule has 104 valence electrons. The van der Waals surface area contributed by atoms with E-state index in [0.717, 1.165) is 5.69 Å². The Hall–Kier alpha value is -2.34. The number of nitrogens with zero attached hydrogens (tertiary/aromatic N) is 2. The van der Waals surface area contributed by atoms with Crippen LogP contribution in [-0.2, 0) is 6.54 Å². The second kappa shape index (κ2) is 6.21. The number of benzene rings is 1. The third-order valence-corrected chi connectivity index (χ3v) is 3.06. The molecule has 0 fully saturated rings. The maximum absolute atomic E-state index is 11.0. The quantitative estimate of drug-likeness (QED) is 0.676. The van der Waals surface area contributed by atoms with Crippen molar-refractivity contribution in [3.05, 3.63) is 57.2 Å². The number of nitrogens with one attached hydrogen (secondary N) is 1. The molecule has 7 heteroatoms. The van der Waals surface area contributed by atoms with Crippen LogP contribution in [0, 0.1) is 10.1 Å². The first-order valence-corrected chi connectivity index (χ1v) is 6.15. The Morgan fingerprint density at radius 2 is 2.20 bits per heavy atom. The molecule has 0 aliphatic heterocycles. The van der Waals surface area contributed by atoms with Gasteiger partial charge in [-0.25, -0.2) is 4.98 Å². The Bertz CT molecular complexity index is 617. The molecule has 0 amide bonds. The van der Waals surface area contributed by atoms with Gasteiger partial charge >= 0.3 is 0 Å². The van der Waals surface area contributed by atoms with E-state index in [-0.39, 0.29) is 12.2 Å². The van der Waals surface area contributed by atoms with E-state index in [0.29, 0.717) is 16.5 Å². The number of nitro benzene ring substituents is 1. The molecule has 1 aromatic heterocycles. The molecule has 0 aliphatic carbocycles. The third-order valence-electron chi connectivity index (χ3n) is 2.71. The molecule has 1 N–H and O–H groups in total. The smallest absolute Gasteiger partial charge is 0.275 e. The largest absolute Gasteiger partial charge is 0.481 e. The number of rotatable bonds is 5. The van der Waals surface area contributed by atoms with Crippen molar-refractivity contribution in [3.8, 4) is 5.88 Å². The van der Waals surface area contributed by atoms with Crippen LogP contribution < -0.4 is 10.1 Å². The fraction of sp³-hybridized carbons (Fsp3) is 0.154. The normalized spacial score (nSPS) is 10.1. The van der Waals surface area contributed by atoms with Crippen molar-refractivity contribution in [3.63, 3.8) is 0 Å². The van der Waals surface area contributed by atoms with E-state index in [9.17, 15) is 10.1 Å². The summed E-state index contributed by atoms with van der Waals surface area (Å²) in [7, 11) is 1.53. The standard InChI is InChI=1S/C13H12ClN3O3/c1-20-13-6-5-9(7-16-13)15-8-10-11(14)3-2-4-12(10)17(18)19/h2-7,15H,8H2,1H3. The molecule has 0 saturated carbocycles. The lowest BCUT2D eigenvalue weighted by Gasteiger charge is -2.08. The van der Waals surface area contributed by atoms with E-state index in [4.69, 9.17) is 16.3 Å². The fourth-order valence-corrected chi connectivity index (χ4v) is 1.93. The van der Waals surface area contributed by atoms with Crippen molar-refractivity contribution in [1.82, 2.24) is 4.98 Å². The van der Waals surface area contributed by atoms with Crippen LogP contribution in [0.5, 0.6) is 5.88 Å². The van der Waals surface area contributed by atoms with Crippen LogP contribution >= 0.6 is 11.6 Å². The summed E-state index contributed by atoms with van der Waals surface area (Å²) >= 11 is 6.01. The minimum Gasteiger partial charge on any atom is -0.481 e. The number of nitro groups is 1. The second-order valence-corrected chi connectivity index (χ2v) is 4.34. The predicted molar refractivity (Wildman–Crippen MR) is 76.2 cm³/mol. The summed E-state index contributed by atoms with van der Waals surface area (Å²) in [6.45, 7) is 0.240. The molecular formula is C13H12ClN3O3. The summed E-state index contributed by atoms with van der Waals surface area (Å²) in [4.78, 5) is 14.5. The first-order valence-electron chi connectivity index (χ1n) is 5.77. The van der Waals surface area contributed by atoms with Gasteiger partial charge in [0.05, 0.1) is 34.5 Å². The molecule has 0 atom stereocenters. The molecule has 0 spiro atoms. The zero-order valence-electron chi connectivity index (χ0n) is 10.7. The number of hydrogen-bond donors (Lipinski definition) is 1. The van der Waals surface area contributed by atoms with Crippen LogP contribution in [0.4, 0.5) is 11.4 Å². The zero-order valence-corrected chi connectivity index (χ0v) is 11.4. The number of halogens is 1. The zero-order chi connectivity index (χ0) is 14.5. The summed E-state index contributed by atoms with van der Waals surface area (Å²) in [6, 6.07) is 8.07. The van der Waals surface area contributed by atoms with Crippen LogP contribution in [0.3, 0.4) is 0 Å². The topological polar surface area (TPSA) is 77.3 Å². The van der Waals surface area contributed by atoms with Crippen molar-refractivity contribution in [2.45, 2.75) is 6.54 Å². The molecule has 0 unspecified atom stereocenters. The van der Waals surface area contributed by atoms with Gasteiger partial charge in [0.15, 0.2) is 0 Å². The Morgan fingerprint density at radius 3 is 2.80 bits per heavy atom. The number of anilines is 1. The maximum Gasteiger partial charge on any atom is 0.275 e. The third kappa shape index (κ3) is 3.16. The van der Waals surface area contributed by atoms with Gasteiger partial charge in [-0.05, 0) is 12.1 Å². The van der Waals surface area contributed by atoms with Crippen molar-refractivity contribution < 1.29 is 9.66 Å². The van der Waals surface area contributed by atoms with E-state index in [1.165, 1.54) is 13.2 Å². The van der Waals surface area contributed by atoms with Crippen LogP contribution in [0.1, 0.15) is 5.56 Å². The monoisotopic (exact) mass is 293 g/mol. The van der Waals surface area contributed by atoms with Crippen LogP contribution in [0.15, 0.2) is 36.5 Å². The number of aromatic nitrogens is 1.